The molecule has 6 heteroatoms. The highest BCUT2D eigenvalue weighted by Gasteiger charge is 2.15. The number of rotatable bonds is 5. The number of anilines is 1. The lowest BCUT2D eigenvalue weighted by atomic mass is 10.1. The second kappa shape index (κ2) is 6.39. The zero-order valence-electron chi connectivity index (χ0n) is 9.94. The van der Waals surface area contributed by atoms with E-state index in [1.54, 1.807) is 18.2 Å². The summed E-state index contributed by atoms with van der Waals surface area (Å²) in [5.74, 6) is -1.25. The summed E-state index contributed by atoms with van der Waals surface area (Å²) in [5, 5.41) is 11.4. The third-order valence-corrected chi connectivity index (χ3v) is 3.23. The summed E-state index contributed by atoms with van der Waals surface area (Å²) >= 11 is 3.24. The number of carboxylic acid groups (broad SMARTS) is 1. The van der Waals surface area contributed by atoms with Crippen LogP contribution < -0.4 is 11.1 Å². The van der Waals surface area contributed by atoms with Crippen molar-refractivity contribution >= 4 is 33.5 Å². The Balaban J connectivity index is 2.74. The molecule has 0 radical (unpaired) electrons. The summed E-state index contributed by atoms with van der Waals surface area (Å²) in [6, 6.07) is 4.48. The van der Waals surface area contributed by atoms with Crippen LogP contribution in [-0.4, -0.2) is 23.0 Å². The van der Waals surface area contributed by atoms with Crippen molar-refractivity contribution in [3.8, 4) is 0 Å². The number of halogens is 1. The van der Waals surface area contributed by atoms with E-state index >= 15 is 0 Å². The maximum absolute atomic E-state index is 11.9. The highest BCUT2D eigenvalue weighted by molar-refractivity contribution is 9.10. The van der Waals surface area contributed by atoms with Crippen LogP contribution in [0, 0.1) is 0 Å². The maximum Gasteiger partial charge on any atom is 0.305 e. The molecule has 1 rings (SSSR count). The lowest BCUT2D eigenvalue weighted by Gasteiger charge is -2.15. The average Bonchev–Trinajstić information content (AvgIpc) is 2.31. The first kappa shape index (κ1) is 14.5. The topological polar surface area (TPSA) is 92.4 Å². The number of carbonyl (C=O) groups is 2. The molecule has 0 fully saturated rings. The van der Waals surface area contributed by atoms with Crippen LogP contribution in [0.2, 0.25) is 0 Å². The molecule has 0 aromatic heterocycles. The van der Waals surface area contributed by atoms with Crippen molar-refractivity contribution < 1.29 is 14.7 Å². The number of hydrogen-bond acceptors (Lipinski definition) is 3. The van der Waals surface area contributed by atoms with Crippen LogP contribution in [0.4, 0.5) is 5.69 Å². The molecule has 0 aliphatic heterocycles. The van der Waals surface area contributed by atoms with Crippen LogP contribution in [0.3, 0.4) is 0 Å². The third kappa shape index (κ3) is 4.03. The Morgan fingerprint density at radius 2 is 2.17 bits per heavy atom. The zero-order valence-corrected chi connectivity index (χ0v) is 11.5. The Hall–Kier alpha value is -1.56. The van der Waals surface area contributed by atoms with Crippen molar-refractivity contribution in [2.45, 2.75) is 25.8 Å². The van der Waals surface area contributed by atoms with E-state index in [0.717, 1.165) is 4.47 Å². The first-order valence-electron chi connectivity index (χ1n) is 5.51. The van der Waals surface area contributed by atoms with Crippen molar-refractivity contribution in [1.82, 2.24) is 5.32 Å². The van der Waals surface area contributed by atoms with Gasteiger partial charge in [0.15, 0.2) is 0 Å². The summed E-state index contributed by atoms with van der Waals surface area (Å²) < 4.78 is 0.719. The minimum Gasteiger partial charge on any atom is -0.481 e. The lowest BCUT2D eigenvalue weighted by Crippen LogP contribution is -2.36. The molecule has 0 saturated heterocycles. The van der Waals surface area contributed by atoms with Gasteiger partial charge in [0.1, 0.15) is 0 Å². The number of benzene rings is 1. The van der Waals surface area contributed by atoms with Crippen LogP contribution in [-0.2, 0) is 4.79 Å². The van der Waals surface area contributed by atoms with Gasteiger partial charge in [-0.3, -0.25) is 9.59 Å². The molecule has 0 heterocycles. The molecule has 18 heavy (non-hydrogen) atoms. The van der Waals surface area contributed by atoms with Gasteiger partial charge in [-0.05, 0) is 40.5 Å². The molecule has 0 saturated carbocycles. The second-order valence-electron chi connectivity index (χ2n) is 3.91. The Labute approximate surface area is 113 Å². The summed E-state index contributed by atoms with van der Waals surface area (Å²) in [5.41, 5.74) is 6.56. The van der Waals surface area contributed by atoms with Crippen LogP contribution in [0.5, 0.6) is 0 Å². The number of amides is 1. The molecular formula is C12H15BrN2O3. The van der Waals surface area contributed by atoms with Gasteiger partial charge in [0, 0.05) is 21.8 Å². The van der Waals surface area contributed by atoms with Gasteiger partial charge in [-0.1, -0.05) is 6.92 Å². The predicted octanol–water partition coefficient (Wildman–Crippen LogP) is 2.01. The van der Waals surface area contributed by atoms with E-state index < -0.39 is 5.97 Å². The van der Waals surface area contributed by atoms with Crippen molar-refractivity contribution in [1.29, 1.82) is 0 Å². The van der Waals surface area contributed by atoms with E-state index in [2.05, 4.69) is 21.2 Å². The lowest BCUT2D eigenvalue weighted by molar-refractivity contribution is -0.137. The highest BCUT2D eigenvalue weighted by atomic mass is 79.9. The Kier molecular flexibility index (Phi) is 5.15. The van der Waals surface area contributed by atoms with Gasteiger partial charge in [-0.2, -0.15) is 0 Å². The number of aliphatic carboxylic acids is 1. The monoisotopic (exact) mass is 314 g/mol. The number of hydrogen-bond donors (Lipinski definition) is 3. The molecule has 1 aromatic rings. The van der Waals surface area contributed by atoms with Crippen molar-refractivity contribution in [2.75, 3.05) is 5.73 Å². The Bertz CT molecular complexity index is 463. The maximum atomic E-state index is 11.9. The minimum absolute atomic E-state index is 0.0890. The SMILES string of the molecule is CCC(CC(=O)O)NC(=O)c1ccc(Br)c(N)c1. The number of carboxylic acids is 1. The fourth-order valence-corrected chi connectivity index (χ4v) is 1.71. The van der Waals surface area contributed by atoms with Gasteiger partial charge in [0.05, 0.1) is 6.42 Å². The number of nitrogens with one attached hydrogen (secondary N) is 1. The van der Waals surface area contributed by atoms with Crippen molar-refractivity contribution in [2.24, 2.45) is 0 Å². The predicted molar refractivity (Wildman–Crippen MR) is 72.4 cm³/mol. The van der Waals surface area contributed by atoms with Crippen LogP contribution >= 0.6 is 15.9 Å². The molecule has 1 atom stereocenters. The first-order chi connectivity index (χ1) is 8.43. The normalized spacial score (nSPS) is 11.9. The molecule has 0 aliphatic rings. The minimum atomic E-state index is -0.933. The molecule has 5 nitrogen and oxygen atoms in total. The molecule has 0 aliphatic carbocycles. The van der Waals surface area contributed by atoms with E-state index in [0.29, 0.717) is 17.7 Å². The average molecular weight is 315 g/mol. The van der Waals surface area contributed by atoms with Crippen LogP contribution in [0.1, 0.15) is 30.1 Å². The second-order valence-corrected chi connectivity index (χ2v) is 4.77. The Morgan fingerprint density at radius 3 is 2.67 bits per heavy atom. The fraction of sp³-hybridized carbons (Fsp3) is 0.333. The molecular weight excluding hydrogens is 300 g/mol. The summed E-state index contributed by atoms with van der Waals surface area (Å²) in [6.07, 6.45) is 0.471. The van der Waals surface area contributed by atoms with Gasteiger partial charge < -0.3 is 16.2 Å². The van der Waals surface area contributed by atoms with Gasteiger partial charge in [-0.25, -0.2) is 0 Å². The van der Waals surface area contributed by atoms with Gasteiger partial charge in [0.25, 0.3) is 5.91 Å². The molecule has 0 spiro atoms. The molecule has 1 amide bonds. The highest BCUT2D eigenvalue weighted by Crippen LogP contribution is 2.20. The molecule has 4 N–H and O–H groups in total. The van der Waals surface area contributed by atoms with Gasteiger partial charge in [-0.15, -0.1) is 0 Å². The van der Waals surface area contributed by atoms with Crippen molar-refractivity contribution in [3.63, 3.8) is 0 Å². The Morgan fingerprint density at radius 1 is 1.50 bits per heavy atom. The number of carbonyl (C=O) groups excluding carboxylic acids is 1. The standard InChI is InChI=1S/C12H15BrN2O3/c1-2-8(6-11(16)17)15-12(18)7-3-4-9(13)10(14)5-7/h3-5,8H,2,6,14H2,1H3,(H,15,18)(H,16,17). The van der Waals surface area contributed by atoms with Crippen LogP contribution in [0.15, 0.2) is 22.7 Å². The van der Waals surface area contributed by atoms with E-state index in [-0.39, 0.29) is 18.4 Å². The summed E-state index contributed by atoms with van der Waals surface area (Å²) in [6.45, 7) is 1.82. The number of nitrogens with two attached hydrogens (primary N) is 1. The van der Waals surface area contributed by atoms with Gasteiger partial charge >= 0.3 is 5.97 Å². The molecule has 1 aromatic carbocycles. The fourth-order valence-electron chi connectivity index (χ4n) is 1.46. The van der Waals surface area contributed by atoms with E-state index in [1.807, 2.05) is 6.92 Å². The first-order valence-corrected chi connectivity index (χ1v) is 6.31. The van der Waals surface area contributed by atoms with Crippen LogP contribution in [0.25, 0.3) is 0 Å². The summed E-state index contributed by atoms with van der Waals surface area (Å²) in [4.78, 5) is 22.5. The summed E-state index contributed by atoms with van der Waals surface area (Å²) in [7, 11) is 0. The quantitative estimate of drug-likeness (QED) is 0.725. The largest absolute Gasteiger partial charge is 0.481 e. The zero-order chi connectivity index (χ0) is 13.7. The van der Waals surface area contributed by atoms with E-state index in [4.69, 9.17) is 10.8 Å². The van der Waals surface area contributed by atoms with Gasteiger partial charge in [0.2, 0.25) is 0 Å². The van der Waals surface area contributed by atoms with E-state index in [9.17, 15) is 9.59 Å². The smallest absolute Gasteiger partial charge is 0.305 e. The molecule has 1 unspecified atom stereocenters. The van der Waals surface area contributed by atoms with E-state index in [1.165, 1.54) is 0 Å². The number of nitrogen functional groups attached to an aromatic ring is 1. The molecule has 0 bridgehead atoms. The third-order valence-electron chi connectivity index (χ3n) is 2.51. The molecule has 98 valence electrons. The van der Waals surface area contributed by atoms with Crippen molar-refractivity contribution in [3.05, 3.63) is 28.2 Å².